The molecule has 0 heterocycles. The maximum absolute atomic E-state index is 12.2. The van der Waals surface area contributed by atoms with E-state index in [1.807, 2.05) is 107 Å². The number of halogens is 4. The molecule has 410 valence electrons. The van der Waals surface area contributed by atoms with Crippen molar-refractivity contribution < 1.29 is 60.9 Å². The van der Waals surface area contributed by atoms with Crippen LogP contribution in [0.3, 0.4) is 0 Å². The van der Waals surface area contributed by atoms with Crippen LogP contribution in [-0.4, -0.2) is 63.4 Å². The zero-order chi connectivity index (χ0) is 59.6. The number of isocyanates is 7. The maximum Gasteiger partial charge on any atom is 0.418 e. The molecule has 21 heteroatoms. The molecule has 0 aromatic heterocycles. The first kappa shape index (κ1) is 67.9. The van der Waals surface area contributed by atoms with Gasteiger partial charge in [0.05, 0.1) is 54.8 Å². The van der Waals surface area contributed by atoms with E-state index in [-0.39, 0.29) is 0 Å². The molecule has 0 aliphatic carbocycles. The third-order valence-electron chi connectivity index (χ3n) is 9.66. The van der Waals surface area contributed by atoms with Crippen molar-refractivity contribution in [3.05, 3.63) is 190 Å². The highest BCUT2D eigenvalue weighted by Gasteiger charge is 2.33. The van der Waals surface area contributed by atoms with Gasteiger partial charge >= 0.3 is 6.18 Å². The predicted molar refractivity (Wildman–Crippen MR) is 300 cm³/mol. The minimum absolute atomic E-state index is 0.412. The van der Waals surface area contributed by atoms with Gasteiger partial charge in [-0.3, -0.25) is 0 Å². The fourth-order valence-electron chi connectivity index (χ4n) is 6.00. The van der Waals surface area contributed by atoms with E-state index in [1.165, 1.54) is 56.8 Å². The Hall–Kier alpha value is -10.1. The third-order valence-corrected chi connectivity index (χ3v) is 10.2. The third kappa shape index (κ3) is 26.6. The Kier molecular flexibility index (Phi) is 34.1. The van der Waals surface area contributed by atoms with Crippen molar-refractivity contribution in [2.45, 2.75) is 47.2 Å². The van der Waals surface area contributed by atoms with E-state index in [1.54, 1.807) is 66.7 Å². The molecule has 0 bridgehead atoms. The Morgan fingerprint density at radius 1 is 0.450 bits per heavy atom. The summed E-state index contributed by atoms with van der Waals surface area (Å²) in [4.78, 5) is 93.4. The number of hydrogen-bond acceptors (Lipinski definition) is 17. The quantitative estimate of drug-likeness (QED) is 0.0829. The molecule has 7 aromatic carbocycles. The van der Waals surface area contributed by atoms with Crippen molar-refractivity contribution in [1.82, 2.24) is 0 Å². The lowest BCUT2D eigenvalue weighted by atomic mass is 10.1. The zero-order valence-corrected chi connectivity index (χ0v) is 45.7. The average molecular weight is 1150 g/mol. The molecule has 0 saturated carbocycles. The van der Waals surface area contributed by atoms with Crippen molar-refractivity contribution >= 4 is 98.3 Å². The van der Waals surface area contributed by atoms with E-state index < -0.39 is 17.4 Å². The summed E-state index contributed by atoms with van der Waals surface area (Å²) >= 11 is 3.24. The minimum atomic E-state index is -4.49. The minimum Gasteiger partial charge on any atom is -0.497 e. The molecule has 0 radical (unpaired) electrons. The van der Waals surface area contributed by atoms with Gasteiger partial charge < -0.3 is 14.2 Å². The monoisotopic (exact) mass is 1150 g/mol. The fraction of sp³-hybridized carbons (Fsp3) is 0.169. The predicted octanol–water partition coefficient (Wildman–Crippen LogP) is 15.3. The molecule has 7 rings (SSSR count). The molecular weight excluding hydrogens is 1100 g/mol. The van der Waals surface area contributed by atoms with Crippen LogP contribution in [-0.2, 0) is 46.2 Å². The van der Waals surface area contributed by atoms with Crippen LogP contribution >= 0.6 is 15.9 Å². The molecule has 0 aliphatic rings. The summed E-state index contributed by atoms with van der Waals surface area (Å²) in [6, 6.07) is 44.5. The zero-order valence-electron chi connectivity index (χ0n) is 44.2. The second-order valence-electron chi connectivity index (χ2n) is 14.9. The summed E-state index contributed by atoms with van der Waals surface area (Å²) in [5.41, 5.74) is 6.45. The Labute approximate surface area is 467 Å². The van der Waals surface area contributed by atoms with Gasteiger partial charge in [0.2, 0.25) is 42.6 Å². The topological polar surface area (TPSA) is 234 Å². The lowest BCUT2D eigenvalue weighted by Gasteiger charge is -2.07. The van der Waals surface area contributed by atoms with Crippen molar-refractivity contribution in [3.8, 4) is 17.2 Å². The van der Waals surface area contributed by atoms with Gasteiger partial charge in [0.1, 0.15) is 28.6 Å². The molecule has 80 heavy (non-hydrogen) atoms. The number of methoxy groups -OCH3 is 2. The number of hydrogen-bond donors (Lipinski definition) is 0. The number of ether oxygens (including phenoxy) is 3. The van der Waals surface area contributed by atoms with Crippen LogP contribution in [0.1, 0.15) is 41.7 Å². The molecule has 7 aromatic rings. The van der Waals surface area contributed by atoms with Crippen LogP contribution in [0.15, 0.2) is 197 Å². The first-order chi connectivity index (χ1) is 38.5. The van der Waals surface area contributed by atoms with E-state index >= 15 is 0 Å². The molecule has 0 spiro atoms. The summed E-state index contributed by atoms with van der Waals surface area (Å²) in [6.45, 7) is 10.2. The highest BCUT2D eigenvalue weighted by molar-refractivity contribution is 9.10. The first-order valence-corrected chi connectivity index (χ1v) is 24.0. The maximum atomic E-state index is 12.2. The number of para-hydroxylation sites is 6. The van der Waals surface area contributed by atoms with Gasteiger partial charge in [-0.1, -0.05) is 108 Å². The fourth-order valence-corrected chi connectivity index (χ4v) is 6.39. The smallest absolute Gasteiger partial charge is 0.418 e. The van der Waals surface area contributed by atoms with E-state index in [0.717, 1.165) is 62.7 Å². The van der Waals surface area contributed by atoms with Crippen LogP contribution in [0.25, 0.3) is 0 Å². The van der Waals surface area contributed by atoms with Crippen LogP contribution < -0.4 is 14.2 Å². The molecule has 0 saturated heterocycles. The lowest BCUT2D eigenvalue weighted by molar-refractivity contribution is -0.137. The Morgan fingerprint density at radius 2 is 0.925 bits per heavy atom. The van der Waals surface area contributed by atoms with Gasteiger partial charge in [0.15, 0.2) is 0 Å². The molecule has 0 amide bonds. The largest absolute Gasteiger partial charge is 0.497 e. The Morgan fingerprint density at radius 3 is 1.46 bits per heavy atom. The summed E-state index contributed by atoms with van der Waals surface area (Å²) in [6.07, 6.45) is 6.44. The number of carbonyl (C=O) groups excluding carboxylic acids is 7. The number of benzene rings is 7. The van der Waals surface area contributed by atoms with Crippen molar-refractivity contribution in [2.75, 3.05) is 20.8 Å². The lowest BCUT2D eigenvalue weighted by Crippen LogP contribution is -2.04. The van der Waals surface area contributed by atoms with Crippen molar-refractivity contribution in [1.29, 1.82) is 0 Å². The second kappa shape index (κ2) is 40.2. The number of nitrogens with zero attached hydrogens (tertiary/aromatic N) is 7. The van der Waals surface area contributed by atoms with E-state index in [2.05, 4.69) is 50.9 Å². The van der Waals surface area contributed by atoms with Gasteiger partial charge in [-0.2, -0.15) is 48.1 Å². The molecule has 17 nitrogen and oxygen atoms in total. The van der Waals surface area contributed by atoms with E-state index in [9.17, 15) is 46.7 Å². The SMILES string of the molecule is CCOc1ccccc1N=C=O.CCc1ccccc1N=C=O.COc1ccc(OC)c(N=C=O)c1.Cc1cccc(C)c1N=C=O.Cc1ccccc1N=C=O.O=C=Nc1cccc(Br)c1.O=C=Nc1ccccc1C(F)(F)F. The highest BCUT2D eigenvalue weighted by Crippen LogP contribution is 2.36. The molecule has 0 unspecified atom stereocenters. The van der Waals surface area contributed by atoms with Crippen LogP contribution in [0.4, 0.5) is 53.0 Å². The van der Waals surface area contributed by atoms with E-state index in [4.69, 9.17) is 14.2 Å². The Bertz CT molecular complexity index is 3410. The first-order valence-electron chi connectivity index (χ1n) is 23.2. The average Bonchev–Trinajstić information content (AvgIpc) is 3.45. The summed E-state index contributed by atoms with van der Waals surface area (Å²) in [7, 11) is 3.04. The van der Waals surface area contributed by atoms with Gasteiger partial charge in [-0.25, -0.2) is 33.6 Å². The second-order valence-corrected chi connectivity index (χ2v) is 15.8. The van der Waals surface area contributed by atoms with Crippen molar-refractivity contribution in [3.63, 3.8) is 0 Å². The molecule has 0 N–H and O–H groups in total. The van der Waals surface area contributed by atoms with E-state index in [0.29, 0.717) is 46.6 Å². The van der Waals surface area contributed by atoms with Crippen molar-refractivity contribution in [2.24, 2.45) is 34.9 Å². The van der Waals surface area contributed by atoms with Gasteiger partial charge in [0.25, 0.3) is 0 Å². The number of alkyl halides is 3. The number of aryl methyl sites for hydroxylation is 4. The van der Waals surface area contributed by atoms with Crippen LogP contribution in [0, 0.1) is 20.8 Å². The molecule has 0 aliphatic heterocycles. The number of aliphatic imine (C=N–C) groups is 7. The summed E-state index contributed by atoms with van der Waals surface area (Å²) in [5, 5.41) is 0. The Balaban J connectivity index is 0.000000468. The summed E-state index contributed by atoms with van der Waals surface area (Å²) in [5.74, 6) is 1.75. The molecule has 0 atom stereocenters. The molecule has 0 fully saturated rings. The van der Waals surface area contributed by atoms with Crippen LogP contribution in [0.5, 0.6) is 17.2 Å². The summed E-state index contributed by atoms with van der Waals surface area (Å²) < 4.78 is 52.6. The van der Waals surface area contributed by atoms with Crippen LogP contribution in [0.2, 0.25) is 0 Å². The molecular formula is C59H51BrF3N7O10. The van der Waals surface area contributed by atoms with Gasteiger partial charge in [-0.15, -0.1) is 0 Å². The van der Waals surface area contributed by atoms with Gasteiger partial charge in [-0.05, 0) is 123 Å². The van der Waals surface area contributed by atoms with Gasteiger partial charge in [0, 0.05) is 10.5 Å². The highest BCUT2D eigenvalue weighted by atomic mass is 79.9. The standard InChI is InChI=1S/C9H9NO3.C9H9NO2.2C9H9NO.C8H4F3NO.C8H7NO.C7H4BrNO/c1-12-7-3-4-9(13-2)8(5-7)10-6-11;1-2-12-9-6-4-3-5-8(9)10-7-11;1-7-4-3-5-8(2)9(7)10-6-11;1-2-8-5-3-4-6-9(8)10-7-11;9-8(10,11)6-3-1-2-4-7(6)12-5-13;1-7-4-2-3-5-8(7)9-6-10;8-6-2-1-3-7(4-6)9-5-10/h3-5H,1-2H3;3-6H,2H2,1H3;3-5H,1-2H3;3-6H,2H2,1H3;1-4H;2-5H,1H3;1-4H. The number of rotatable bonds is 12. The normalized spacial score (nSPS) is 9.04.